The molecule has 0 spiro atoms. The molecule has 0 bridgehead atoms. The van der Waals surface area contributed by atoms with E-state index in [1.54, 1.807) is 18.2 Å². The summed E-state index contributed by atoms with van der Waals surface area (Å²) in [6.07, 6.45) is -1.27. The summed E-state index contributed by atoms with van der Waals surface area (Å²) >= 11 is 0. The highest BCUT2D eigenvalue weighted by molar-refractivity contribution is 7.91. The first-order chi connectivity index (χ1) is 12.8. The molecule has 9 heteroatoms. The number of ether oxygens (including phenoxy) is 1. The number of rotatable bonds is 7. The third-order valence-electron chi connectivity index (χ3n) is 3.52. The van der Waals surface area contributed by atoms with Gasteiger partial charge in [0.15, 0.2) is 15.9 Å². The fourth-order valence-electron chi connectivity index (χ4n) is 2.04. The Bertz CT molecular complexity index is 886. The predicted octanol–water partition coefficient (Wildman–Crippen LogP) is 1.60. The van der Waals surface area contributed by atoms with Crippen molar-refractivity contribution in [2.24, 2.45) is 0 Å². The van der Waals surface area contributed by atoms with E-state index in [9.17, 15) is 22.4 Å². The van der Waals surface area contributed by atoms with Crippen LogP contribution < -0.4 is 15.6 Å². The Morgan fingerprint density at radius 2 is 1.67 bits per heavy atom. The first-order valence-corrected chi connectivity index (χ1v) is 9.72. The normalized spacial score (nSPS) is 12.1. The molecule has 0 aliphatic rings. The number of hydrogen-bond acceptors (Lipinski definition) is 5. The summed E-state index contributed by atoms with van der Waals surface area (Å²) in [4.78, 5) is 23.8. The summed E-state index contributed by atoms with van der Waals surface area (Å²) < 4.78 is 42.3. The molecule has 0 saturated carbocycles. The van der Waals surface area contributed by atoms with Crippen molar-refractivity contribution >= 4 is 21.7 Å². The van der Waals surface area contributed by atoms with Gasteiger partial charge in [-0.2, -0.15) is 0 Å². The van der Waals surface area contributed by atoms with Gasteiger partial charge in [0.05, 0.1) is 10.6 Å². The highest BCUT2D eigenvalue weighted by atomic mass is 32.2. The molecule has 0 fully saturated rings. The molecule has 2 aromatic rings. The van der Waals surface area contributed by atoms with E-state index < -0.39 is 33.6 Å². The first kappa shape index (κ1) is 20.4. The lowest BCUT2D eigenvalue weighted by molar-refractivity contribution is -0.132. The lowest BCUT2D eigenvalue weighted by Gasteiger charge is -2.15. The molecule has 0 aliphatic heterocycles. The molecular weight excluding hydrogens is 375 g/mol. The van der Waals surface area contributed by atoms with E-state index in [2.05, 4.69) is 10.9 Å². The zero-order valence-corrected chi connectivity index (χ0v) is 15.3. The minimum Gasteiger partial charge on any atom is -0.481 e. The van der Waals surface area contributed by atoms with Crippen LogP contribution >= 0.6 is 0 Å². The molecule has 0 aromatic heterocycles. The number of amides is 2. The summed E-state index contributed by atoms with van der Waals surface area (Å²) in [5.74, 6) is -1.83. The largest absolute Gasteiger partial charge is 0.481 e. The zero-order valence-electron chi connectivity index (χ0n) is 14.5. The minimum atomic E-state index is -3.58. The van der Waals surface area contributed by atoms with Gasteiger partial charge in [-0.1, -0.05) is 18.2 Å². The van der Waals surface area contributed by atoms with Crippen LogP contribution in [0.25, 0.3) is 0 Å². The minimum absolute atomic E-state index is 0.128. The number of hydrazine groups is 1. The molecule has 0 saturated heterocycles. The van der Waals surface area contributed by atoms with Crippen LogP contribution in [-0.4, -0.2) is 32.1 Å². The highest BCUT2D eigenvalue weighted by Crippen LogP contribution is 2.13. The molecule has 0 radical (unpaired) electrons. The second kappa shape index (κ2) is 9.13. The van der Waals surface area contributed by atoms with Crippen molar-refractivity contribution in [3.63, 3.8) is 0 Å². The second-order valence-electron chi connectivity index (χ2n) is 5.63. The van der Waals surface area contributed by atoms with Crippen LogP contribution in [-0.2, 0) is 19.4 Å². The molecule has 144 valence electrons. The SMILES string of the molecule is C[C@@H](Oc1ccc(F)cc1)C(=O)NNC(=O)CCS(=O)(=O)c1ccccc1. The maximum atomic E-state index is 12.8. The molecule has 2 aromatic carbocycles. The summed E-state index contributed by atoms with van der Waals surface area (Å²) in [7, 11) is -3.58. The van der Waals surface area contributed by atoms with E-state index >= 15 is 0 Å². The smallest absolute Gasteiger partial charge is 0.279 e. The fraction of sp³-hybridized carbons (Fsp3) is 0.222. The van der Waals surface area contributed by atoms with Gasteiger partial charge in [-0.05, 0) is 43.3 Å². The highest BCUT2D eigenvalue weighted by Gasteiger charge is 2.18. The number of carbonyl (C=O) groups is 2. The van der Waals surface area contributed by atoms with Crippen LogP contribution in [0.1, 0.15) is 13.3 Å². The Hall–Kier alpha value is -2.94. The van der Waals surface area contributed by atoms with Gasteiger partial charge in [0, 0.05) is 6.42 Å². The quantitative estimate of drug-likeness (QED) is 0.695. The third-order valence-corrected chi connectivity index (χ3v) is 5.25. The van der Waals surface area contributed by atoms with E-state index in [-0.39, 0.29) is 17.1 Å². The Labute approximate surface area is 156 Å². The number of benzene rings is 2. The molecule has 2 N–H and O–H groups in total. The molecule has 1 atom stereocenters. The van der Waals surface area contributed by atoms with E-state index in [0.717, 1.165) is 0 Å². The Kier molecular flexibility index (Phi) is 6.89. The Morgan fingerprint density at radius 1 is 1.04 bits per heavy atom. The van der Waals surface area contributed by atoms with Crippen molar-refractivity contribution in [3.8, 4) is 5.75 Å². The molecule has 2 rings (SSSR count). The van der Waals surface area contributed by atoms with Crippen LogP contribution in [0.4, 0.5) is 4.39 Å². The summed E-state index contributed by atoms with van der Waals surface area (Å²) in [6, 6.07) is 12.9. The van der Waals surface area contributed by atoms with Crippen molar-refractivity contribution < 1.29 is 27.1 Å². The van der Waals surface area contributed by atoms with E-state index in [4.69, 9.17) is 4.74 Å². The van der Waals surface area contributed by atoms with Crippen molar-refractivity contribution in [2.75, 3.05) is 5.75 Å². The van der Waals surface area contributed by atoms with Crippen LogP contribution in [0.15, 0.2) is 59.5 Å². The summed E-state index contributed by atoms with van der Waals surface area (Å²) in [5.41, 5.74) is 4.30. The molecule has 0 unspecified atom stereocenters. The Morgan fingerprint density at radius 3 is 2.30 bits per heavy atom. The van der Waals surface area contributed by atoms with Gasteiger partial charge in [0.2, 0.25) is 5.91 Å². The van der Waals surface area contributed by atoms with Gasteiger partial charge < -0.3 is 4.74 Å². The van der Waals surface area contributed by atoms with Crippen molar-refractivity contribution in [1.82, 2.24) is 10.9 Å². The monoisotopic (exact) mass is 394 g/mol. The average Bonchev–Trinajstić information content (AvgIpc) is 2.67. The van der Waals surface area contributed by atoms with Crippen molar-refractivity contribution in [2.45, 2.75) is 24.3 Å². The topological polar surface area (TPSA) is 102 Å². The van der Waals surface area contributed by atoms with Crippen LogP contribution in [0, 0.1) is 5.82 Å². The van der Waals surface area contributed by atoms with Crippen LogP contribution in [0.2, 0.25) is 0 Å². The van der Waals surface area contributed by atoms with Gasteiger partial charge in [-0.15, -0.1) is 0 Å². The van der Waals surface area contributed by atoms with Gasteiger partial charge in [-0.25, -0.2) is 12.8 Å². The van der Waals surface area contributed by atoms with Crippen LogP contribution in [0.5, 0.6) is 5.75 Å². The molecule has 27 heavy (non-hydrogen) atoms. The van der Waals surface area contributed by atoms with E-state index in [1.165, 1.54) is 43.3 Å². The lowest BCUT2D eigenvalue weighted by atomic mass is 10.3. The number of halogens is 1. The molecule has 7 nitrogen and oxygen atoms in total. The van der Waals surface area contributed by atoms with Gasteiger partial charge in [0.25, 0.3) is 5.91 Å². The van der Waals surface area contributed by atoms with E-state index in [1.807, 2.05) is 0 Å². The fourth-order valence-corrected chi connectivity index (χ4v) is 3.30. The summed E-state index contributed by atoms with van der Waals surface area (Å²) in [6.45, 7) is 1.45. The van der Waals surface area contributed by atoms with Crippen molar-refractivity contribution in [1.29, 1.82) is 0 Å². The maximum absolute atomic E-state index is 12.8. The summed E-state index contributed by atoms with van der Waals surface area (Å²) in [5, 5.41) is 0. The molecule has 0 heterocycles. The van der Waals surface area contributed by atoms with Gasteiger partial charge in [-0.3, -0.25) is 20.4 Å². The zero-order chi connectivity index (χ0) is 19.9. The molecular formula is C18H19FN2O5S. The second-order valence-corrected chi connectivity index (χ2v) is 7.74. The number of sulfone groups is 1. The third kappa shape index (κ3) is 6.37. The standard InChI is InChI=1S/C18H19FN2O5S/c1-13(26-15-9-7-14(19)8-10-15)18(23)21-20-17(22)11-12-27(24,25)16-5-3-2-4-6-16/h2-10,13H,11-12H2,1H3,(H,20,22)(H,21,23)/t13-/m1/s1. The lowest BCUT2D eigenvalue weighted by Crippen LogP contribution is -2.47. The first-order valence-electron chi connectivity index (χ1n) is 8.06. The van der Waals surface area contributed by atoms with Gasteiger partial charge >= 0.3 is 0 Å². The number of nitrogens with one attached hydrogen (secondary N) is 2. The number of carbonyl (C=O) groups excluding carboxylic acids is 2. The van der Waals surface area contributed by atoms with Gasteiger partial charge in [0.1, 0.15) is 11.6 Å². The molecule has 0 aliphatic carbocycles. The average molecular weight is 394 g/mol. The van der Waals surface area contributed by atoms with Crippen LogP contribution in [0.3, 0.4) is 0 Å². The maximum Gasteiger partial charge on any atom is 0.279 e. The van der Waals surface area contributed by atoms with Crippen molar-refractivity contribution in [3.05, 3.63) is 60.4 Å². The molecule has 2 amide bonds. The van der Waals surface area contributed by atoms with E-state index in [0.29, 0.717) is 5.75 Å². The number of hydrogen-bond donors (Lipinski definition) is 2. The Balaban J connectivity index is 1.77. The predicted molar refractivity (Wildman–Crippen MR) is 95.9 cm³/mol.